The number of aromatic amines is 1. The molecule has 1 fully saturated rings. The number of piperazine rings is 1. The number of nitrogens with zero attached hydrogens (tertiary/aromatic N) is 4. The fourth-order valence-electron chi connectivity index (χ4n) is 2.56. The van der Waals surface area contributed by atoms with Crippen LogP contribution in [0.1, 0.15) is 15.9 Å². The maximum Gasteiger partial charge on any atom is 0.260 e. The lowest BCUT2D eigenvalue weighted by atomic mass is 10.2. The highest BCUT2D eigenvalue weighted by atomic mass is 16.2. The van der Waals surface area contributed by atoms with Crippen molar-refractivity contribution in [3.8, 4) is 6.07 Å². The Labute approximate surface area is 132 Å². The van der Waals surface area contributed by atoms with E-state index >= 15 is 0 Å². The fraction of sp³-hybridized carbons (Fsp3) is 0.250. The van der Waals surface area contributed by atoms with E-state index in [0.29, 0.717) is 31.7 Å². The average molecular weight is 309 g/mol. The summed E-state index contributed by atoms with van der Waals surface area (Å²) in [6.07, 6.45) is 3.11. The molecule has 0 unspecified atom stereocenters. The molecule has 7 nitrogen and oxygen atoms in total. The third-order valence-corrected chi connectivity index (χ3v) is 3.81. The minimum absolute atomic E-state index is 0.158. The van der Waals surface area contributed by atoms with Crippen LogP contribution in [-0.4, -0.2) is 47.0 Å². The summed E-state index contributed by atoms with van der Waals surface area (Å²) >= 11 is 0. The van der Waals surface area contributed by atoms with Gasteiger partial charge in [0.05, 0.1) is 11.6 Å². The number of carbonyl (C=O) groups is 1. The third-order valence-electron chi connectivity index (χ3n) is 3.81. The Balaban J connectivity index is 1.69. The summed E-state index contributed by atoms with van der Waals surface area (Å²) < 4.78 is 0. The van der Waals surface area contributed by atoms with Crippen molar-refractivity contribution in [1.82, 2.24) is 14.9 Å². The number of pyridine rings is 2. The van der Waals surface area contributed by atoms with E-state index in [2.05, 4.69) is 16.0 Å². The monoisotopic (exact) mass is 309 g/mol. The standard InChI is InChI=1S/C16H15N5O2/c17-11-12-3-5-18-14(10-12)20-6-8-21(9-7-20)16(23)13-2-1-4-19-15(13)22/h1-5,10H,6-9H2,(H,19,22). The van der Waals surface area contributed by atoms with Crippen LogP contribution in [0.15, 0.2) is 41.5 Å². The van der Waals surface area contributed by atoms with E-state index in [4.69, 9.17) is 5.26 Å². The zero-order valence-corrected chi connectivity index (χ0v) is 12.4. The molecule has 0 atom stereocenters. The van der Waals surface area contributed by atoms with E-state index in [1.54, 1.807) is 29.3 Å². The van der Waals surface area contributed by atoms with Crippen LogP contribution in [0, 0.1) is 11.3 Å². The second-order valence-electron chi connectivity index (χ2n) is 5.21. The molecule has 0 aliphatic carbocycles. The predicted molar refractivity (Wildman–Crippen MR) is 84.1 cm³/mol. The van der Waals surface area contributed by atoms with Gasteiger partial charge in [0.1, 0.15) is 11.4 Å². The zero-order valence-electron chi connectivity index (χ0n) is 12.4. The van der Waals surface area contributed by atoms with E-state index in [0.717, 1.165) is 5.82 Å². The second kappa shape index (κ2) is 6.32. The van der Waals surface area contributed by atoms with Crippen molar-refractivity contribution in [2.24, 2.45) is 0 Å². The van der Waals surface area contributed by atoms with Gasteiger partial charge in [-0.25, -0.2) is 4.98 Å². The van der Waals surface area contributed by atoms with Gasteiger partial charge in [-0.2, -0.15) is 5.26 Å². The van der Waals surface area contributed by atoms with Crippen molar-refractivity contribution in [2.75, 3.05) is 31.1 Å². The maximum atomic E-state index is 12.4. The van der Waals surface area contributed by atoms with Gasteiger partial charge < -0.3 is 14.8 Å². The number of carbonyl (C=O) groups excluding carboxylic acids is 1. The van der Waals surface area contributed by atoms with Crippen LogP contribution < -0.4 is 10.5 Å². The molecule has 3 heterocycles. The molecule has 1 amide bonds. The number of rotatable bonds is 2. The first-order valence-corrected chi connectivity index (χ1v) is 7.27. The number of hydrogen-bond donors (Lipinski definition) is 1. The van der Waals surface area contributed by atoms with Crippen molar-refractivity contribution in [2.45, 2.75) is 0 Å². The predicted octanol–water partition coefficient (Wildman–Crippen LogP) is 0.604. The summed E-state index contributed by atoms with van der Waals surface area (Å²) in [4.78, 5) is 34.6. The number of H-pyrrole nitrogens is 1. The number of aromatic nitrogens is 2. The first-order valence-electron chi connectivity index (χ1n) is 7.27. The lowest BCUT2D eigenvalue weighted by Gasteiger charge is -2.35. The summed E-state index contributed by atoms with van der Waals surface area (Å²) in [5.41, 5.74) is 0.346. The van der Waals surface area contributed by atoms with Crippen LogP contribution in [0.4, 0.5) is 5.82 Å². The van der Waals surface area contributed by atoms with Gasteiger partial charge in [-0.05, 0) is 24.3 Å². The molecule has 2 aromatic rings. The molecule has 0 radical (unpaired) electrons. The van der Waals surface area contributed by atoms with E-state index in [1.807, 2.05) is 4.90 Å². The molecule has 0 saturated carbocycles. The lowest BCUT2D eigenvalue weighted by molar-refractivity contribution is 0.0744. The first-order chi connectivity index (χ1) is 11.2. The van der Waals surface area contributed by atoms with Crippen LogP contribution in [0.2, 0.25) is 0 Å². The van der Waals surface area contributed by atoms with Gasteiger partial charge in [0, 0.05) is 38.6 Å². The van der Waals surface area contributed by atoms with Crippen molar-refractivity contribution < 1.29 is 4.79 Å². The van der Waals surface area contributed by atoms with Crippen molar-refractivity contribution >= 4 is 11.7 Å². The third kappa shape index (κ3) is 3.06. The van der Waals surface area contributed by atoms with Crippen LogP contribution in [-0.2, 0) is 0 Å². The Bertz CT molecular complexity index is 815. The molecule has 1 saturated heterocycles. The molecular weight excluding hydrogens is 294 g/mol. The minimum Gasteiger partial charge on any atom is -0.353 e. The van der Waals surface area contributed by atoms with Gasteiger partial charge >= 0.3 is 0 Å². The highest BCUT2D eigenvalue weighted by molar-refractivity contribution is 5.93. The highest BCUT2D eigenvalue weighted by Crippen LogP contribution is 2.15. The van der Waals surface area contributed by atoms with Crippen molar-refractivity contribution in [1.29, 1.82) is 5.26 Å². The van der Waals surface area contributed by atoms with E-state index in [9.17, 15) is 9.59 Å². The molecule has 1 aliphatic rings. The Hall–Kier alpha value is -3.14. The molecule has 23 heavy (non-hydrogen) atoms. The molecular formula is C16H15N5O2. The molecule has 0 spiro atoms. The van der Waals surface area contributed by atoms with Crippen LogP contribution in [0.3, 0.4) is 0 Å². The normalized spacial score (nSPS) is 14.4. The zero-order chi connectivity index (χ0) is 16.2. The Morgan fingerprint density at radius 3 is 2.74 bits per heavy atom. The smallest absolute Gasteiger partial charge is 0.260 e. The van der Waals surface area contributed by atoms with Crippen molar-refractivity contribution in [3.63, 3.8) is 0 Å². The Morgan fingerprint density at radius 1 is 1.26 bits per heavy atom. The van der Waals surface area contributed by atoms with E-state index in [1.165, 1.54) is 12.3 Å². The summed E-state index contributed by atoms with van der Waals surface area (Å²) in [5.74, 6) is 0.471. The van der Waals surface area contributed by atoms with E-state index < -0.39 is 0 Å². The lowest BCUT2D eigenvalue weighted by Crippen LogP contribution is -2.49. The fourth-order valence-corrected chi connectivity index (χ4v) is 2.56. The van der Waals surface area contributed by atoms with Crippen LogP contribution in [0.5, 0.6) is 0 Å². The summed E-state index contributed by atoms with van der Waals surface area (Å²) in [6, 6.07) is 8.66. The van der Waals surface area contributed by atoms with Gasteiger partial charge in [-0.3, -0.25) is 9.59 Å². The van der Waals surface area contributed by atoms with Crippen molar-refractivity contribution in [3.05, 3.63) is 58.1 Å². The van der Waals surface area contributed by atoms with Gasteiger partial charge in [0.2, 0.25) is 0 Å². The molecule has 1 aliphatic heterocycles. The Kier molecular flexibility index (Phi) is 4.06. The summed E-state index contributed by atoms with van der Waals surface area (Å²) in [5, 5.41) is 8.95. The number of nitriles is 1. The van der Waals surface area contributed by atoms with E-state index in [-0.39, 0.29) is 17.0 Å². The molecule has 0 aromatic carbocycles. The van der Waals surface area contributed by atoms with Crippen LogP contribution >= 0.6 is 0 Å². The number of anilines is 1. The molecule has 116 valence electrons. The van der Waals surface area contributed by atoms with Gasteiger partial charge in [-0.15, -0.1) is 0 Å². The Morgan fingerprint density at radius 2 is 2.04 bits per heavy atom. The first kappa shape index (κ1) is 14.8. The second-order valence-corrected chi connectivity index (χ2v) is 5.21. The average Bonchev–Trinajstić information content (AvgIpc) is 2.62. The SMILES string of the molecule is N#Cc1ccnc(N2CCN(C(=O)c3ccc[nH]c3=O)CC2)c1. The van der Waals surface area contributed by atoms with Gasteiger partial charge in [0.25, 0.3) is 11.5 Å². The summed E-state index contributed by atoms with van der Waals surface area (Å²) in [6.45, 7) is 2.23. The molecule has 7 heteroatoms. The van der Waals surface area contributed by atoms with Gasteiger partial charge in [-0.1, -0.05) is 0 Å². The summed E-state index contributed by atoms with van der Waals surface area (Å²) in [7, 11) is 0. The maximum absolute atomic E-state index is 12.4. The number of amides is 1. The molecule has 1 N–H and O–H groups in total. The quantitative estimate of drug-likeness (QED) is 0.877. The van der Waals surface area contributed by atoms with Crippen LogP contribution in [0.25, 0.3) is 0 Å². The minimum atomic E-state index is -0.372. The van der Waals surface area contributed by atoms with Gasteiger partial charge in [0.15, 0.2) is 0 Å². The number of hydrogen-bond acceptors (Lipinski definition) is 5. The molecule has 3 rings (SSSR count). The molecule has 2 aromatic heterocycles. The highest BCUT2D eigenvalue weighted by Gasteiger charge is 2.24. The topological polar surface area (TPSA) is 93.1 Å². The molecule has 0 bridgehead atoms. The largest absolute Gasteiger partial charge is 0.353 e. The number of nitrogens with one attached hydrogen (secondary N) is 1.